The van der Waals surface area contributed by atoms with Gasteiger partial charge < -0.3 is 24.2 Å². The highest BCUT2D eigenvalue weighted by Crippen LogP contribution is 2.19. The largest absolute Gasteiger partial charge is 0.377 e. The lowest BCUT2D eigenvalue weighted by molar-refractivity contribution is -0.309. The average Bonchev–Trinajstić information content (AvgIpc) is 3.45. The zero-order valence-corrected chi connectivity index (χ0v) is 54.4. The molecule has 0 aromatic heterocycles. The Morgan fingerprint density at radius 3 is 0.513 bits per heavy atom. The fourth-order valence-electron chi connectivity index (χ4n) is 11.5. The quantitative estimate of drug-likeness (QED) is 0.0372. The van der Waals surface area contributed by atoms with Crippen molar-refractivity contribution in [2.75, 3.05) is 39.6 Å². The number of rotatable bonds is 72. The van der Waals surface area contributed by atoms with Gasteiger partial charge in [0.25, 0.3) is 0 Å². The zero-order chi connectivity index (χ0) is 56.2. The Morgan fingerprint density at radius 2 is 0.346 bits per heavy atom. The van der Waals surface area contributed by atoms with Gasteiger partial charge in [-0.15, -0.1) is 5.06 Å². The molecule has 0 rings (SSSR count). The van der Waals surface area contributed by atoms with Crippen LogP contribution in [0.15, 0.2) is 0 Å². The van der Waals surface area contributed by atoms with Crippen LogP contribution < -0.4 is 0 Å². The van der Waals surface area contributed by atoms with Gasteiger partial charge in [0.15, 0.2) is 12.5 Å². The fourth-order valence-corrected chi connectivity index (χ4v) is 11.5. The third-order valence-electron chi connectivity index (χ3n) is 17.0. The monoisotopic (exact) mass is 1110 g/mol. The summed E-state index contributed by atoms with van der Waals surface area (Å²) in [4.78, 5) is 0. The summed E-state index contributed by atoms with van der Waals surface area (Å²) >= 11 is 0. The predicted octanol–water partition coefficient (Wildman–Crippen LogP) is 24.9. The Hall–Kier alpha value is -0.240. The molecular weight excluding hydrogens is 959 g/mol. The standard InChI is InChI=1S/C72H147NO5/c1-5-9-13-17-21-25-29-33-37-39-43-47-51-55-59-63-67-77-71(69-75-65-61-57-53-49-45-41-35-31-27-23-19-15-11-7-3)73(74)72(70-76-66-62-58-54-50-46-42-36-32-28-24-20-16-12-8-4)78-68-64-60-56-52-48-44-40-38-34-30-26-22-18-14-10-6-2/h71-72,74H,5-70H2,1-4H3. The van der Waals surface area contributed by atoms with Gasteiger partial charge in [0.2, 0.25) is 0 Å². The number of nitrogens with zero attached hydrogens (tertiary/aromatic N) is 1. The van der Waals surface area contributed by atoms with Crippen molar-refractivity contribution in [1.82, 2.24) is 5.06 Å². The summed E-state index contributed by atoms with van der Waals surface area (Å²) in [5.41, 5.74) is 0. The minimum Gasteiger partial charge on any atom is -0.377 e. The second-order valence-electron chi connectivity index (χ2n) is 25.0. The van der Waals surface area contributed by atoms with Crippen LogP contribution in [0.4, 0.5) is 0 Å². The van der Waals surface area contributed by atoms with Crippen LogP contribution in [0.25, 0.3) is 0 Å². The molecule has 2 atom stereocenters. The molecule has 6 nitrogen and oxygen atoms in total. The fraction of sp³-hybridized carbons (Fsp3) is 1.00. The van der Waals surface area contributed by atoms with Gasteiger partial charge in [0, 0.05) is 26.4 Å². The number of hydrogen-bond donors (Lipinski definition) is 1. The van der Waals surface area contributed by atoms with Gasteiger partial charge >= 0.3 is 0 Å². The number of unbranched alkanes of at least 4 members (excludes halogenated alkanes) is 56. The third-order valence-corrected chi connectivity index (χ3v) is 17.0. The first kappa shape index (κ1) is 77.8. The Morgan fingerprint density at radius 1 is 0.205 bits per heavy atom. The molecule has 0 aliphatic carbocycles. The second-order valence-corrected chi connectivity index (χ2v) is 25.0. The molecular formula is C72H147NO5. The second kappa shape index (κ2) is 71.0. The average molecular weight is 1110 g/mol. The van der Waals surface area contributed by atoms with E-state index in [1.54, 1.807) is 0 Å². The molecule has 1 N–H and O–H groups in total. The summed E-state index contributed by atoms with van der Waals surface area (Å²) in [7, 11) is 0. The van der Waals surface area contributed by atoms with E-state index in [1.165, 1.54) is 365 Å². The summed E-state index contributed by atoms with van der Waals surface area (Å²) in [5.74, 6) is 0. The number of hydroxylamine groups is 2. The van der Waals surface area contributed by atoms with Gasteiger partial charge in [-0.1, -0.05) is 387 Å². The molecule has 0 amide bonds. The molecule has 0 saturated heterocycles. The lowest BCUT2D eigenvalue weighted by Crippen LogP contribution is -2.48. The summed E-state index contributed by atoms with van der Waals surface area (Å²) < 4.78 is 25.6. The van der Waals surface area contributed by atoms with Gasteiger partial charge in [-0.25, -0.2) is 0 Å². The van der Waals surface area contributed by atoms with Crippen LogP contribution in [0.5, 0.6) is 0 Å². The molecule has 2 unspecified atom stereocenters. The van der Waals surface area contributed by atoms with Gasteiger partial charge in [0.1, 0.15) is 0 Å². The minimum atomic E-state index is -0.562. The zero-order valence-electron chi connectivity index (χ0n) is 54.4. The van der Waals surface area contributed by atoms with E-state index in [4.69, 9.17) is 18.9 Å². The van der Waals surface area contributed by atoms with Crippen LogP contribution in [-0.2, 0) is 18.9 Å². The molecule has 0 aliphatic rings. The number of hydrogen-bond acceptors (Lipinski definition) is 6. The number of ether oxygens (including phenoxy) is 4. The first-order valence-electron chi connectivity index (χ1n) is 36.6. The molecule has 0 aromatic carbocycles. The van der Waals surface area contributed by atoms with Crippen molar-refractivity contribution in [2.45, 2.75) is 425 Å². The van der Waals surface area contributed by atoms with Crippen molar-refractivity contribution in [3.63, 3.8) is 0 Å². The molecule has 0 spiro atoms. The van der Waals surface area contributed by atoms with Gasteiger partial charge in [-0.05, 0) is 25.7 Å². The normalized spacial score (nSPS) is 12.7. The van der Waals surface area contributed by atoms with E-state index in [9.17, 15) is 5.21 Å². The van der Waals surface area contributed by atoms with Crippen LogP contribution in [0.3, 0.4) is 0 Å². The van der Waals surface area contributed by atoms with Crippen LogP contribution in [-0.4, -0.2) is 62.4 Å². The summed E-state index contributed by atoms with van der Waals surface area (Å²) in [6.45, 7) is 12.6. The van der Waals surface area contributed by atoms with E-state index in [0.29, 0.717) is 39.6 Å². The van der Waals surface area contributed by atoms with Crippen molar-refractivity contribution in [1.29, 1.82) is 0 Å². The SMILES string of the molecule is CCCCCCCCCCCCCCCCCCOC(COCCCCCCCCCCCCCCCC)N(O)C(COCCCCCCCCCCCCCCCC)OCCCCCCCCCCCCCCCCCC. The molecule has 0 heterocycles. The van der Waals surface area contributed by atoms with Gasteiger partial charge in [-0.3, -0.25) is 0 Å². The first-order valence-corrected chi connectivity index (χ1v) is 36.6. The molecule has 0 saturated carbocycles. The first-order chi connectivity index (χ1) is 38.7. The molecule has 0 fully saturated rings. The van der Waals surface area contributed by atoms with Crippen LogP contribution in [0, 0.1) is 0 Å². The van der Waals surface area contributed by atoms with Crippen molar-refractivity contribution in [2.24, 2.45) is 0 Å². The molecule has 470 valence electrons. The highest BCUT2D eigenvalue weighted by atomic mass is 16.7. The summed E-state index contributed by atoms with van der Waals surface area (Å²) in [5, 5.41) is 13.2. The molecule has 6 heteroatoms. The van der Waals surface area contributed by atoms with E-state index in [0.717, 1.165) is 25.7 Å². The van der Waals surface area contributed by atoms with Gasteiger partial charge in [-0.2, -0.15) is 0 Å². The lowest BCUT2D eigenvalue weighted by atomic mass is 10.0. The summed E-state index contributed by atoms with van der Waals surface area (Å²) in [6, 6.07) is 0. The van der Waals surface area contributed by atoms with Crippen molar-refractivity contribution in [3.05, 3.63) is 0 Å². The van der Waals surface area contributed by atoms with Crippen molar-refractivity contribution in [3.8, 4) is 0 Å². The lowest BCUT2D eigenvalue weighted by Gasteiger charge is -2.32. The van der Waals surface area contributed by atoms with Gasteiger partial charge in [0.05, 0.1) is 13.2 Å². The van der Waals surface area contributed by atoms with E-state index < -0.39 is 12.5 Å². The Kier molecular flexibility index (Phi) is 70.8. The molecule has 0 bridgehead atoms. The van der Waals surface area contributed by atoms with E-state index >= 15 is 0 Å². The molecule has 0 aromatic rings. The third kappa shape index (κ3) is 63.3. The molecule has 0 radical (unpaired) electrons. The molecule has 0 aliphatic heterocycles. The maximum atomic E-state index is 11.9. The topological polar surface area (TPSA) is 60.4 Å². The van der Waals surface area contributed by atoms with E-state index in [-0.39, 0.29) is 0 Å². The minimum absolute atomic E-state index is 0.353. The van der Waals surface area contributed by atoms with E-state index in [1.807, 2.05) is 0 Å². The van der Waals surface area contributed by atoms with Crippen LogP contribution in [0.1, 0.15) is 413 Å². The highest BCUT2D eigenvalue weighted by molar-refractivity contribution is 4.63. The maximum Gasteiger partial charge on any atom is 0.159 e. The van der Waals surface area contributed by atoms with E-state index in [2.05, 4.69) is 27.7 Å². The Labute approximate surface area is 492 Å². The summed E-state index contributed by atoms with van der Waals surface area (Å²) in [6.07, 6.45) is 80.2. The maximum absolute atomic E-state index is 11.9. The van der Waals surface area contributed by atoms with Crippen molar-refractivity contribution >= 4 is 0 Å². The Balaban J connectivity index is 5.00. The highest BCUT2D eigenvalue weighted by Gasteiger charge is 2.27. The Bertz CT molecular complexity index is 952. The molecule has 78 heavy (non-hydrogen) atoms. The van der Waals surface area contributed by atoms with Crippen LogP contribution in [0.2, 0.25) is 0 Å². The predicted molar refractivity (Wildman–Crippen MR) is 344 cm³/mol. The van der Waals surface area contributed by atoms with Crippen LogP contribution >= 0.6 is 0 Å². The smallest absolute Gasteiger partial charge is 0.159 e. The van der Waals surface area contributed by atoms with Crippen molar-refractivity contribution < 1.29 is 24.2 Å².